The number of thiazole rings is 1. The molecule has 0 bridgehead atoms. The van der Waals surface area contributed by atoms with Crippen LogP contribution >= 0.6 is 22.7 Å². The second-order valence-electron chi connectivity index (χ2n) is 5.10. The third-order valence-electron chi connectivity index (χ3n) is 3.57. The van der Waals surface area contributed by atoms with Crippen molar-refractivity contribution < 1.29 is 0 Å². The maximum absolute atomic E-state index is 4.55. The number of hydrazone groups is 1. The van der Waals surface area contributed by atoms with Crippen molar-refractivity contribution in [1.29, 1.82) is 0 Å². The zero-order valence-electron chi connectivity index (χ0n) is 12.4. The summed E-state index contributed by atoms with van der Waals surface area (Å²) in [4.78, 5) is 5.72. The monoisotopic (exact) mass is 338 g/mol. The lowest BCUT2D eigenvalue weighted by Crippen LogP contribution is -1.89. The molecule has 0 amide bonds. The van der Waals surface area contributed by atoms with Crippen molar-refractivity contribution in [2.45, 2.75) is 0 Å². The van der Waals surface area contributed by atoms with Crippen LogP contribution in [-0.4, -0.2) is 15.8 Å². The third kappa shape index (κ3) is 2.78. The van der Waals surface area contributed by atoms with Crippen molar-refractivity contribution in [3.8, 4) is 10.6 Å². The number of para-hydroxylation sites is 1. The zero-order chi connectivity index (χ0) is 15.6. The van der Waals surface area contributed by atoms with Gasteiger partial charge in [0.2, 0.25) is 5.13 Å². The molecule has 114 valence electrons. The maximum Gasteiger partial charge on any atom is 0.203 e. The number of hydrogen-bond acceptors (Lipinski definition) is 5. The first-order valence-electron chi connectivity index (χ1n) is 7.14. The van der Waals surface area contributed by atoms with Crippen molar-refractivity contribution in [2.24, 2.45) is 12.1 Å². The summed E-state index contributed by atoms with van der Waals surface area (Å²) in [5.74, 6) is 0. The topological polar surface area (TPSA) is 42.2 Å². The molecule has 23 heavy (non-hydrogen) atoms. The number of aryl methyl sites for hydroxylation is 1. The first kappa shape index (κ1) is 14.2. The number of nitrogens with one attached hydrogen (secondary N) is 1. The number of fused-ring (bicyclic) bond motifs is 1. The van der Waals surface area contributed by atoms with Crippen LogP contribution in [0.2, 0.25) is 0 Å². The fourth-order valence-corrected chi connectivity index (χ4v) is 3.92. The molecule has 0 spiro atoms. The number of anilines is 1. The van der Waals surface area contributed by atoms with Crippen LogP contribution in [0.3, 0.4) is 0 Å². The van der Waals surface area contributed by atoms with Crippen LogP contribution in [0.4, 0.5) is 5.13 Å². The summed E-state index contributed by atoms with van der Waals surface area (Å²) < 4.78 is 2.11. The van der Waals surface area contributed by atoms with Gasteiger partial charge in [0.15, 0.2) is 0 Å². The van der Waals surface area contributed by atoms with Gasteiger partial charge in [-0.25, -0.2) is 4.98 Å². The Morgan fingerprint density at radius 1 is 1.17 bits per heavy atom. The lowest BCUT2D eigenvalue weighted by molar-refractivity contribution is 0.968. The highest BCUT2D eigenvalue weighted by Crippen LogP contribution is 2.28. The molecule has 4 aromatic rings. The Bertz CT molecular complexity index is 964. The van der Waals surface area contributed by atoms with Gasteiger partial charge in [0, 0.05) is 35.1 Å². The molecular formula is C17H14N4S2. The highest BCUT2D eigenvalue weighted by Gasteiger charge is 2.05. The summed E-state index contributed by atoms with van der Waals surface area (Å²) >= 11 is 3.25. The van der Waals surface area contributed by atoms with E-state index in [4.69, 9.17) is 0 Å². The molecule has 0 fully saturated rings. The average molecular weight is 338 g/mol. The number of aromatic nitrogens is 2. The fourth-order valence-electron chi connectivity index (χ4n) is 2.50. The molecule has 0 atom stereocenters. The van der Waals surface area contributed by atoms with Gasteiger partial charge in [-0.3, -0.25) is 5.43 Å². The second kappa shape index (κ2) is 5.98. The summed E-state index contributed by atoms with van der Waals surface area (Å²) in [5.41, 5.74) is 6.30. The highest BCUT2D eigenvalue weighted by atomic mass is 32.1. The van der Waals surface area contributed by atoms with E-state index in [-0.39, 0.29) is 0 Å². The van der Waals surface area contributed by atoms with E-state index in [1.54, 1.807) is 22.7 Å². The van der Waals surface area contributed by atoms with Crippen LogP contribution in [0.25, 0.3) is 21.5 Å². The number of benzene rings is 1. The average Bonchev–Trinajstić information content (AvgIpc) is 3.29. The Labute approximate surface area is 141 Å². The minimum Gasteiger partial charge on any atom is -0.350 e. The molecule has 0 radical (unpaired) electrons. The van der Waals surface area contributed by atoms with Gasteiger partial charge >= 0.3 is 0 Å². The van der Waals surface area contributed by atoms with Crippen molar-refractivity contribution in [3.05, 3.63) is 58.9 Å². The molecule has 0 saturated carbocycles. The number of nitrogens with zero attached hydrogens (tertiary/aromatic N) is 3. The van der Waals surface area contributed by atoms with Crippen LogP contribution in [0.15, 0.2) is 58.5 Å². The minimum atomic E-state index is 0.796. The quantitative estimate of drug-likeness (QED) is 0.428. The van der Waals surface area contributed by atoms with E-state index in [1.165, 1.54) is 15.8 Å². The van der Waals surface area contributed by atoms with E-state index < -0.39 is 0 Å². The molecule has 4 rings (SSSR count). The summed E-state index contributed by atoms with van der Waals surface area (Å²) in [6.07, 6.45) is 3.92. The molecule has 3 aromatic heterocycles. The lowest BCUT2D eigenvalue weighted by atomic mass is 10.2. The third-order valence-corrected chi connectivity index (χ3v) is 5.21. The van der Waals surface area contributed by atoms with E-state index >= 15 is 0 Å². The highest BCUT2D eigenvalue weighted by molar-refractivity contribution is 7.15. The second-order valence-corrected chi connectivity index (χ2v) is 6.90. The smallest absolute Gasteiger partial charge is 0.203 e. The number of rotatable bonds is 4. The summed E-state index contributed by atoms with van der Waals surface area (Å²) in [6.45, 7) is 0. The normalized spacial score (nSPS) is 11.5. The predicted molar refractivity (Wildman–Crippen MR) is 99.6 cm³/mol. The van der Waals surface area contributed by atoms with Gasteiger partial charge < -0.3 is 4.57 Å². The van der Waals surface area contributed by atoms with Crippen molar-refractivity contribution in [2.75, 3.05) is 5.43 Å². The maximum atomic E-state index is 4.55. The molecule has 1 aromatic carbocycles. The van der Waals surface area contributed by atoms with Crippen LogP contribution in [0, 0.1) is 0 Å². The van der Waals surface area contributed by atoms with E-state index in [0.717, 1.165) is 16.4 Å². The summed E-state index contributed by atoms with van der Waals surface area (Å²) in [6, 6.07) is 12.4. The minimum absolute atomic E-state index is 0.796. The van der Waals surface area contributed by atoms with Gasteiger partial charge in [-0.15, -0.1) is 22.7 Å². The molecule has 0 unspecified atom stereocenters. The van der Waals surface area contributed by atoms with Gasteiger partial charge in [0.25, 0.3) is 0 Å². The van der Waals surface area contributed by atoms with Gasteiger partial charge in [0.05, 0.1) is 16.8 Å². The molecule has 3 heterocycles. The standard InChI is InChI=1S/C17H14N4S2/c1-21-10-12(13-5-2-3-6-15(13)21)9-18-20-17-19-14(11-23-17)16-7-4-8-22-16/h2-11H,1H3,(H,19,20)/b18-9+. The van der Waals surface area contributed by atoms with Crippen molar-refractivity contribution >= 4 is 44.9 Å². The Kier molecular flexibility index (Phi) is 3.69. The van der Waals surface area contributed by atoms with Crippen LogP contribution in [0.1, 0.15) is 5.56 Å². The van der Waals surface area contributed by atoms with E-state index in [2.05, 4.69) is 49.9 Å². The van der Waals surface area contributed by atoms with Crippen molar-refractivity contribution in [3.63, 3.8) is 0 Å². The molecule has 0 aliphatic carbocycles. The van der Waals surface area contributed by atoms with E-state index in [0.29, 0.717) is 0 Å². The number of hydrogen-bond donors (Lipinski definition) is 1. The molecule has 6 heteroatoms. The molecule has 0 aliphatic heterocycles. The SMILES string of the molecule is Cn1cc(/C=N/Nc2nc(-c3cccs3)cs2)c2ccccc21. The molecule has 4 nitrogen and oxygen atoms in total. The summed E-state index contributed by atoms with van der Waals surface area (Å²) in [5, 5.41) is 10.4. The molecule has 1 N–H and O–H groups in total. The first-order valence-corrected chi connectivity index (χ1v) is 8.90. The predicted octanol–water partition coefficient (Wildman–Crippen LogP) is 4.81. The summed E-state index contributed by atoms with van der Waals surface area (Å²) in [7, 11) is 2.04. The van der Waals surface area contributed by atoms with E-state index in [1.807, 2.05) is 36.8 Å². The molecular weight excluding hydrogens is 324 g/mol. The Balaban J connectivity index is 1.53. The Hall–Kier alpha value is -2.44. The zero-order valence-corrected chi connectivity index (χ0v) is 14.1. The van der Waals surface area contributed by atoms with Gasteiger partial charge in [-0.2, -0.15) is 5.10 Å². The van der Waals surface area contributed by atoms with Gasteiger partial charge in [-0.05, 0) is 17.5 Å². The van der Waals surface area contributed by atoms with Gasteiger partial charge in [0.1, 0.15) is 0 Å². The fraction of sp³-hybridized carbons (Fsp3) is 0.0588. The van der Waals surface area contributed by atoms with Crippen LogP contribution in [0.5, 0.6) is 0 Å². The lowest BCUT2D eigenvalue weighted by Gasteiger charge is -1.94. The van der Waals surface area contributed by atoms with Crippen LogP contribution < -0.4 is 5.43 Å². The van der Waals surface area contributed by atoms with Gasteiger partial charge in [-0.1, -0.05) is 24.3 Å². The number of thiophene rings is 1. The Morgan fingerprint density at radius 3 is 2.96 bits per heavy atom. The first-order chi connectivity index (χ1) is 11.3. The Morgan fingerprint density at radius 2 is 2.09 bits per heavy atom. The van der Waals surface area contributed by atoms with E-state index in [9.17, 15) is 0 Å². The van der Waals surface area contributed by atoms with Crippen LogP contribution in [-0.2, 0) is 7.05 Å². The molecule has 0 aliphatic rings. The largest absolute Gasteiger partial charge is 0.350 e. The molecule has 0 saturated heterocycles. The van der Waals surface area contributed by atoms with Crippen molar-refractivity contribution in [1.82, 2.24) is 9.55 Å².